The summed E-state index contributed by atoms with van der Waals surface area (Å²) in [6, 6.07) is 0. The van der Waals surface area contributed by atoms with Gasteiger partial charge in [0.05, 0.1) is 17.7 Å². The summed E-state index contributed by atoms with van der Waals surface area (Å²) < 4.78 is 41.8. The smallest absolute Gasteiger partial charge is 0.418 e. The lowest BCUT2D eigenvalue weighted by Crippen LogP contribution is -2.13. The Morgan fingerprint density at radius 1 is 1.53 bits per heavy atom. The lowest BCUT2D eigenvalue weighted by Gasteiger charge is -2.07. The molecule has 0 unspecified atom stereocenters. The van der Waals surface area contributed by atoms with Crippen molar-refractivity contribution in [2.75, 3.05) is 6.61 Å². The second kappa shape index (κ2) is 3.96. The molecule has 0 aliphatic heterocycles. The molecule has 0 fully saturated rings. The van der Waals surface area contributed by atoms with Gasteiger partial charge in [-0.3, -0.25) is 0 Å². The number of hydrogen-bond acceptors (Lipinski definition) is 2. The third kappa shape index (κ3) is 2.31. The number of carbonyl (C=O) groups is 1. The van der Waals surface area contributed by atoms with E-state index < -0.39 is 23.3 Å². The Kier molecular flexibility index (Phi) is 3.06. The number of hydrogen-bond donors (Lipinski definition) is 1. The van der Waals surface area contributed by atoms with Crippen LogP contribution in [0, 0.1) is 6.92 Å². The molecule has 3 nitrogen and oxygen atoms in total. The van der Waals surface area contributed by atoms with E-state index in [1.807, 2.05) is 0 Å². The highest BCUT2D eigenvalue weighted by atomic mass is 19.4. The van der Waals surface area contributed by atoms with Gasteiger partial charge in [-0.25, -0.2) is 4.79 Å². The normalized spacial score (nSPS) is 11.5. The van der Waals surface area contributed by atoms with E-state index in [9.17, 15) is 18.0 Å². The Balaban J connectivity index is 3.16. The molecule has 0 saturated heterocycles. The van der Waals surface area contributed by atoms with Gasteiger partial charge in [0.15, 0.2) is 0 Å². The topological polar surface area (TPSA) is 42.1 Å². The summed E-state index contributed by atoms with van der Waals surface area (Å²) in [4.78, 5) is 13.6. The summed E-state index contributed by atoms with van der Waals surface area (Å²) in [6.45, 7) is 2.97. The van der Waals surface area contributed by atoms with Crippen LogP contribution in [0.3, 0.4) is 0 Å². The average Bonchev–Trinajstić information content (AvgIpc) is 2.46. The van der Waals surface area contributed by atoms with Crippen molar-refractivity contribution < 1.29 is 22.7 Å². The molecule has 0 aliphatic carbocycles. The second-order valence-corrected chi connectivity index (χ2v) is 2.92. The number of carbonyl (C=O) groups excluding carboxylic acids is 1. The Morgan fingerprint density at radius 2 is 2.13 bits per heavy atom. The van der Waals surface area contributed by atoms with Gasteiger partial charge in [-0.1, -0.05) is 0 Å². The summed E-state index contributed by atoms with van der Waals surface area (Å²) in [5, 5.41) is 0. The average molecular weight is 221 g/mol. The van der Waals surface area contributed by atoms with E-state index in [0.717, 1.165) is 6.20 Å². The first-order chi connectivity index (χ1) is 6.88. The maximum Gasteiger partial charge on any atom is 0.418 e. The number of alkyl halides is 3. The van der Waals surface area contributed by atoms with Crippen LogP contribution in [0.25, 0.3) is 0 Å². The van der Waals surface area contributed by atoms with Crippen molar-refractivity contribution >= 4 is 5.97 Å². The monoisotopic (exact) mass is 221 g/mol. The molecule has 84 valence electrons. The Labute approximate surface area is 84.2 Å². The van der Waals surface area contributed by atoms with Crippen LogP contribution >= 0.6 is 0 Å². The van der Waals surface area contributed by atoms with E-state index in [1.165, 1.54) is 13.8 Å². The summed E-state index contributed by atoms with van der Waals surface area (Å²) >= 11 is 0. The highest BCUT2D eigenvalue weighted by molar-refractivity contribution is 5.92. The molecule has 0 radical (unpaired) electrons. The third-order valence-electron chi connectivity index (χ3n) is 1.86. The zero-order valence-corrected chi connectivity index (χ0v) is 8.23. The van der Waals surface area contributed by atoms with Crippen LogP contribution in [0.4, 0.5) is 13.2 Å². The Bertz CT molecular complexity index is 368. The molecule has 0 aromatic carbocycles. The van der Waals surface area contributed by atoms with Crippen molar-refractivity contribution in [3.63, 3.8) is 0 Å². The van der Waals surface area contributed by atoms with Crippen LogP contribution in [0.2, 0.25) is 0 Å². The molecule has 1 heterocycles. The standard InChI is InChI=1S/C9H10F3NO2/c1-3-15-8(14)7-5(2)13-4-6(7)9(10,11)12/h4,13H,3H2,1-2H3. The van der Waals surface area contributed by atoms with E-state index in [2.05, 4.69) is 9.72 Å². The maximum atomic E-state index is 12.4. The van der Waals surface area contributed by atoms with E-state index >= 15 is 0 Å². The minimum atomic E-state index is -4.55. The minimum absolute atomic E-state index is 0.0424. The molecule has 0 spiro atoms. The van der Waals surface area contributed by atoms with Gasteiger partial charge in [0, 0.05) is 11.9 Å². The number of rotatable bonds is 2. The number of ether oxygens (including phenoxy) is 1. The highest BCUT2D eigenvalue weighted by Gasteiger charge is 2.37. The van der Waals surface area contributed by atoms with Crippen molar-refractivity contribution in [1.29, 1.82) is 0 Å². The fourth-order valence-electron chi connectivity index (χ4n) is 1.22. The van der Waals surface area contributed by atoms with Crippen molar-refractivity contribution in [1.82, 2.24) is 4.98 Å². The molecule has 0 aliphatic rings. The molecule has 0 saturated carbocycles. The van der Waals surface area contributed by atoms with E-state index in [-0.39, 0.29) is 12.3 Å². The van der Waals surface area contributed by atoms with Gasteiger partial charge < -0.3 is 9.72 Å². The number of halogens is 3. The van der Waals surface area contributed by atoms with Crippen LogP contribution in [-0.4, -0.2) is 17.6 Å². The van der Waals surface area contributed by atoms with E-state index in [4.69, 9.17) is 0 Å². The first kappa shape index (κ1) is 11.6. The van der Waals surface area contributed by atoms with Gasteiger partial charge in [-0.05, 0) is 13.8 Å². The largest absolute Gasteiger partial charge is 0.462 e. The number of aromatic nitrogens is 1. The number of nitrogens with one attached hydrogen (secondary N) is 1. The summed E-state index contributed by atoms with van der Waals surface area (Å²) in [6.07, 6.45) is -3.78. The molecule has 15 heavy (non-hydrogen) atoms. The molecule has 1 aromatic heterocycles. The quantitative estimate of drug-likeness (QED) is 0.779. The van der Waals surface area contributed by atoms with Gasteiger partial charge in [-0.15, -0.1) is 0 Å². The van der Waals surface area contributed by atoms with Crippen LogP contribution in [-0.2, 0) is 10.9 Å². The lowest BCUT2D eigenvalue weighted by atomic mass is 10.1. The lowest BCUT2D eigenvalue weighted by molar-refractivity contribution is -0.138. The van der Waals surface area contributed by atoms with Gasteiger partial charge in [0.25, 0.3) is 0 Å². The first-order valence-corrected chi connectivity index (χ1v) is 4.30. The fraction of sp³-hybridized carbons (Fsp3) is 0.444. The molecular weight excluding hydrogens is 211 g/mol. The van der Waals surface area contributed by atoms with Crippen molar-refractivity contribution in [2.24, 2.45) is 0 Å². The molecule has 0 bridgehead atoms. The van der Waals surface area contributed by atoms with Crippen molar-refractivity contribution in [3.05, 3.63) is 23.0 Å². The zero-order valence-electron chi connectivity index (χ0n) is 8.23. The van der Waals surface area contributed by atoms with Gasteiger partial charge in [-0.2, -0.15) is 13.2 Å². The SMILES string of the molecule is CCOC(=O)c1c(C(F)(F)F)c[nH]c1C. The molecule has 1 rings (SSSR count). The summed E-state index contributed by atoms with van der Waals surface area (Å²) in [5.74, 6) is -0.955. The maximum absolute atomic E-state index is 12.4. The Morgan fingerprint density at radius 3 is 2.60 bits per heavy atom. The van der Waals surface area contributed by atoms with Gasteiger partial charge in [0.2, 0.25) is 0 Å². The van der Waals surface area contributed by atoms with E-state index in [1.54, 1.807) is 0 Å². The fourth-order valence-corrected chi connectivity index (χ4v) is 1.22. The molecular formula is C9H10F3NO2. The molecule has 0 amide bonds. The van der Waals surface area contributed by atoms with Crippen molar-refractivity contribution in [3.8, 4) is 0 Å². The highest BCUT2D eigenvalue weighted by Crippen LogP contribution is 2.33. The third-order valence-corrected chi connectivity index (χ3v) is 1.86. The van der Waals surface area contributed by atoms with Crippen LogP contribution in [0.5, 0.6) is 0 Å². The van der Waals surface area contributed by atoms with Crippen molar-refractivity contribution in [2.45, 2.75) is 20.0 Å². The number of esters is 1. The van der Waals surface area contributed by atoms with Gasteiger partial charge >= 0.3 is 12.1 Å². The number of aromatic amines is 1. The van der Waals surface area contributed by atoms with Crippen LogP contribution in [0.15, 0.2) is 6.20 Å². The predicted octanol–water partition coefficient (Wildman–Crippen LogP) is 2.52. The molecule has 1 aromatic rings. The van der Waals surface area contributed by atoms with Crippen LogP contribution in [0.1, 0.15) is 28.5 Å². The Hall–Kier alpha value is -1.46. The molecule has 1 N–H and O–H groups in total. The zero-order chi connectivity index (χ0) is 11.6. The minimum Gasteiger partial charge on any atom is -0.462 e. The predicted molar refractivity (Wildman–Crippen MR) is 46.5 cm³/mol. The number of aryl methyl sites for hydroxylation is 1. The first-order valence-electron chi connectivity index (χ1n) is 4.30. The van der Waals surface area contributed by atoms with Gasteiger partial charge in [0.1, 0.15) is 0 Å². The summed E-state index contributed by atoms with van der Waals surface area (Å²) in [7, 11) is 0. The molecule has 0 atom stereocenters. The van der Waals surface area contributed by atoms with E-state index in [0.29, 0.717) is 0 Å². The second-order valence-electron chi connectivity index (χ2n) is 2.92. The molecule has 6 heteroatoms. The van der Waals surface area contributed by atoms with Crippen LogP contribution < -0.4 is 0 Å². The summed E-state index contributed by atoms with van der Waals surface area (Å²) in [5.41, 5.74) is -1.27. The number of H-pyrrole nitrogens is 1.